The van der Waals surface area contributed by atoms with Crippen LogP contribution in [0.5, 0.6) is 11.5 Å². The summed E-state index contributed by atoms with van der Waals surface area (Å²) in [5, 5.41) is 15.2. The summed E-state index contributed by atoms with van der Waals surface area (Å²) < 4.78 is 16.6. The highest BCUT2D eigenvalue weighted by molar-refractivity contribution is 6.04. The molecule has 32 heavy (non-hydrogen) atoms. The number of esters is 1. The molecular formula is C23H24N2O7. The number of nitrogens with zero attached hydrogens (tertiary/aromatic N) is 1. The number of ketones is 1. The van der Waals surface area contributed by atoms with Gasteiger partial charge in [-0.3, -0.25) is 14.9 Å². The zero-order valence-electron chi connectivity index (χ0n) is 17.8. The van der Waals surface area contributed by atoms with Gasteiger partial charge in [-0.25, -0.2) is 4.79 Å². The number of allylic oxidation sites excluding steroid dienone is 3. The van der Waals surface area contributed by atoms with Gasteiger partial charge in [-0.05, 0) is 51.5 Å². The number of hydrogen-bond donors (Lipinski definition) is 1. The van der Waals surface area contributed by atoms with E-state index in [1.165, 1.54) is 12.1 Å². The molecule has 1 atom stereocenters. The molecule has 1 N–H and O–H groups in total. The average Bonchev–Trinajstić information content (AvgIpc) is 3.43. The molecule has 1 aromatic rings. The molecule has 0 amide bonds. The largest absolute Gasteiger partial charge is 0.459 e. The molecule has 4 aliphatic rings. The van der Waals surface area contributed by atoms with E-state index in [1.54, 1.807) is 6.92 Å². The number of carbonyl (C=O) groups is 2. The van der Waals surface area contributed by atoms with Crippen LogP contribution in [-0.2, 0) is 14.3 Å². The fourth-order valence-corrected chi connectivity index (χ4v) is 5.12. The van der Waals surface area contributed by atoms with Crippen LogP contribution in [0.15, 0.2) is 34.7 Å². The highest BCUT2D eigenvalue weighted by Crippen LogP contribution is 2.49. The monoisotopic (exact) mass is 440 g/mol. The van der Waals surface area contributed by atoms with Crippen molar-refractivity contribution in [1.29, 1.82) is 0 Å². The second-order valence-electron chi connectivity index (χ2n) is 8.60. The van der Waals surface area contributed by atoms with Crippen LogP contribution in [0.2, 0.25) is 0 Å². The Hall–Kier alpha value is -3.36. The molecule has 9 nitrogen and oxygen atoms in total. The maximum Gasteiger partial charge on any atom is 0.337 e. The third-order valence-electron chi connectivity index (χ3n) is 6.60. The minimum absolute atomic E-state index is 0.0412. The zero-order chi connectivity index (χ0) is 22.4. The van der Waals surface area contributed by atoms with Crippen molar-refractivity contribution < 1.29 is 28.7 Å². The Balaban J connectivity index is 1.66. The Morgan fingerprint density at radius 2 is 1.88 bits per heavy atom. The van der Waals surface area contributed by atoms with Crippen molar-refractivity contribution in [2.45, 2.75) is 63.9 Å². The molecule has 1 fully saturated rings. The standard InChI is InChI=1S/C23H24N2O7/c1-12-20(23(27)32-13-5-2-3-6-13)21(22-15(24-12)7-4-8-17(22)26)14-9-18-19(31-11-30-18)10-16(14)25(28)29/h9-10,13,21,24H,2-8,11H2,1H3. The first-order valence-corrected chi connectivity index (χ1v) is 11.0. The van der Waals surface area contributed by atoms with Crippen molar-refractivity contribution in [2.75, 3.05) is 6.79 Å². The number of nitro groups is 1. The van der Waals surface area contributed by atoms with Crippen LogP contribution in [0.25, 0.3) is 0 Å². The van der Waals surface area contributed by atoms with Gasteiger partial charge in [0, 0.05) is 29.0 Å². The SMILES string of the molecule is CC1=C(C(=O)OC2CCCC2)C(c2cc3c(cc2[N+](=O)[O-])OCO3)C2=C(CCCC2=O)N1. The van der Waals surface area contributed by atoms with E-state index >= 15 is 0 Å². The van der Waals surface area contributed by atoms with E-state index in [9.17, 15) is 19.7 Å². The molecule has 2 aliphatic carbocycles. The van der Waals surface area contributed by atoms with E-state index in [-0.39, 0.29) is 41.3 Å². The highest BCUT2D eigenvalue weighted by atomic mass is 16.7. The maximum absolute atomic E-state index is 13.4. The molecule has 1 saturated carbocycles. The summed E-state index contributed by atoms with van der Waals surface area (Å²) in [6, 6.07) is 2.83. The normalized spacial score (nSPS) is 22.7. The van der Waals surface area contributed by atoms with Crippen molar-refractivity contribution in [1.82, 2.24) is 5.32 Å². The second kappa shape index (κ2) is 7.96. The fourth-order valence-electron chi connectivity index (χ4n) is 5.12. The first kappa shape index (κ1) is 20.5. The molecule has 0 bridgehead atoms. The molecular weight excluding hydrogens is 416 g/mol. The average molecular weight is 440 g/mol. The Morgan fingerprint density at radius 1 is 1.16 bits per heavy atom. The molecule has 5 rings (SSSR count). The Morgan fingerprint density at radius 3 is 2.59 bits per heavy atom. The van der Waals surface area contributed by atoms with Crippen LogP contribution in [0.3, 0.4) is 0 Å². The minimum atomic E-state index is -0.900. The van der Waals surface area contributed by atoms with Crippen LogP contribution in [-0.4, -0.2) is 29.6 Å². The van der Waals surface area contributed by atoms with Crippen molar-refractivity contribution in [3.8, 4) is 11.5 Å². The van der Waals surface area contributed by atoms with Gasteiger partial charge in [-0.15, -0.1) is 0 Å². The van der Waals surface area contributed by atoms with Gasteiger partial charge in [0.25, 0.3) is 5.69 Å². The van der Waals surface area contributed by atoms with Crippen LogP contribution in [0, 0.1) is 10.1 Å². The summed E-state index contributed by atoms with van der Waals surface area (Å²) in [7, 11) is 0. The first-order chi connectivity index (χ1) is 15.4. The van der Waals surface area contributed by atoms with Crippen molar-refractivity contribution in [3.05, 3.63) is 50.4 Å². The van der Waals surface area contributed by atoms with Crippen molar-refractivity contribution in [2.24, 2.45) is 0 Å². The summed E-state index contributed by atoms with van der Waals surface area (Å²) >= 11 is 0. The Kier molecular flexibility index (Phi) is 5.11. The van der Waals surface area contributed by atoms with Crippen LogP contribution in [0.4, 0.5) is 5.69 Å². The van der Waals surface area contributed by atoms with E-state index < -0.39 is 16.8 Å². The number of benzene rings is 1. The number of dihydropyridines is 1. The maximum atomic E-state index is 13.4. The van der Waals surface area contributed by atoms with Crippen molar-refractivity contribution >= 4 is 17.4 Å². The van der Waals surface area contributed by atoms with E-state index in [1.807, 2.05) is 0 Å². The number of rotatable bonds is 4. The predicted molar refractivity (Wildman–Crippen MR) is 112 cm³/mol. The van der Waals surface area contributed by atoms with Gasteiger partial charge in [0.1, 0.15) is 6.10 Å². The van der Waals surface area contributed by atoms with Gasteiger partial charge in [0.15, 0.2) is 17.3 Å². The van der Waals surface area contributed by atoms with Gasteiger partial charge in [-0.2, -0.15) is 0 Å². The van der Waals surface area contributed by atoms with Gasteiger partial charge >= 0.3 is 5.97 Å². The first-order valence-electron chi connectivity index (χ1n) is 11.0. The molecule has 2 aliphatic heterocycles. The lowest BCUT2D eigenvalue weighted by Crippen LogP contribution is -2.35. The van der Waals surface area contributed by atoms with Crippen molar-refractivity contribution in [3.63, 3.8) is 0 Å². The third-order valence-corrected chi connectivity index (χ3v) is 6.60. The molecule has 1 unspecified atom stereocenters. The smallest absolute Gasteiger partial charge is 0.337 e. The number of carbonyl (C=O) groups excluding carboxylic acids is 2. The van der Waals surface area contributed by atoms with Gasteiger partial charge in [-0.1, -0.05) is 0 Å². The summed E-state index contributed by atoms with van der Waals surface area (Å²) in [5.74, 6) is -0.925. The molecule has 0 spiro atoms. The number of nitro benzene ring substituents is 1. The highest BCUT2D eigenvalue weighted by Gasteiger charge is 2.43. The quantitative estimate of drug-likeness (QED) is 0.427. The van der Waals surface area contributed by atoms with Gasteiger partial charge in [0.05, 0.1) is 22.5 Å². The van der Waals surface area contributed by atoms with E-state index in [0.717, 1.165) is 25.7 Å². The number of hydrogen-bond acceptors (Lipinski definition) is 8. The lowest BCUT2D eigenvalue weighted by Gasteiger charge is -2.34. The lowest BCUT2D eigenvalue weighted by molar-refractivity contribution is -0.385. The number of Topliss-reactive ketones (excluding diaryl/α,β-unsaturated/α-hetero) is 1. The summed E-state index contributed by atoms with van der Waals surface area (Å²) in [4.78, 5) is 37.9. The van der Waals surface area contributed by atoms with E-state index in [0.29, 0.717) is 42.0 Å². The number of fused-ring (bicyclic) bond motifs is 1. The summed E-state index contributed by atoms with van der Waals surface area (Å²) in [5.41, 5.74) is 1.94. The number of ether oxygens (including phenoxy) is 3. The Bertz CT molecular complexity index is 1080. The molecule has 0 saturated heterocycles. The van der Waals surface area contributed by atoms with E-state index in [2.05, 4.69) is 5.32 Å². The third kappa shape index (κ3) is 3.41. The molecule has 0 aromatic heterocycles. The molecule has 2 heterocycles. The molecule has 1 aromatic carbocycles. The number of nitrogens with one attached hydrogen (secondary N) is 1. The van der Waals surface area contributed by atoms with Gasteiger partial charge in [0.2, 0.25) is 6.79 Å². The predicted octanol–water partition coefficient (Wildman–Crippen LogP) is 3.78. The topological polar surface area (TPSA) is 117 Å². The Labute approximate surface area is 184 Å². The lowest BCUT2D eigenvalue weighted by atomic mass is 9.74. The van der Waals surface area contributed by atoms with E-state index in [4.69, 9.17) is 14.2 Å². The summed E-state index contributed by atoms with van der Waals surface area (Å²) in [6.45, 7) is 1.71. The molecule has 168 valence electrons. The summed E-state index contributed by atoms with van der Waals surface area (Å²) in [6.07, 6.45) is 5.08. The minimum Gasteiger partial charge on any atom is -0.459 e. The van der Waals surface area contributed by atoms with Crippen LogP contribution in [0.1, 0.15) is 63.4 Å². The van der Waals surface area contributed by atoms with Crippen LogP contribution < -0.4 is 14.8 Å². The van der Waals surface area contributed by atoms with Crippen LogP contribution >= 0.6 is 0 Å². The second-order valence-corrected chi connectivity index (χ2v) is 8.60. The zero-order valence-corrected chi connectivity index (χ0v) is 17.8. The molecule has 0 radical (unpaired) electrons. The molecule has 9 heteroatoms. The van der Waals surface area contributed by atoms with Gasteiger partial charge < -0.3 is 19.5 Å². The fraction of sp³-hybridized carbons (Fsp3) is 0.478.